The van der Waals surface area contributed by atoms with Crippen molar-refractivity contribution in [2.45, 2.75) is 26.2 Å². The van der Waals surface area contributed by atoms with E-state index in [-0.39, 0.29) is 5.57 Å². The van der Waals surface area contributed by atoms with E-state index in [0.29, 0.717) is 11.6 Å². The second kappa shape index (κ2) is 8.94. The molecule has 0 spiro atoms. The van der Waals surface area contributed by atoms with Crippen molar-refractivity contribution >= 4 is 46.9 Å². The van der Waals surface area contributed by atoms with Crippen molar-refractivity contribution in [3.8, 4) is 0 Å². The molecule has 2 aromatic carbocycles. The number of urea groups is 1. The summed E-state index contributed by atoms with van der Waals surface area (Å²) in [6.45, 7) is 3.87. The predicted molar refractivity (Wildman–Crippen MR) is 123 cm³/mol. The lowest BCUT2D eigenvalue weighted by Crippen LogP contribution is -2.54. The van der Waals surface area contributed by atoms with Crippen LogP contribution in [-0.2, 0) is 22.4 Å². The molecule has 2 aliphatic rings. The molecule has 0 aliphatic carbocycles. The molecule has 0 saturated carbocycles. The second-order valence-electron chi connectivity index (χ2n) is 7.65. The summed E-state index contributed by atoms with van der Waals surface area (Å²) in [7, 11) is 0. The van der Waals surface area contributed by atoms with Gasteiger partial charge in [0.1, 0.15) is 5.57 Å². The Kier molecular flexibility index (Phi) is 6.09. The molecular weight excluding hydrogens is 414 g/mol. The van der Waals surface area contributed by atoms with E-state index >= 15 is 0 Å². The van der Waals surface area contributed by atoms with Crippen LogP contribution in [-0.4, -0.2) is 36.8 Å². The Labute approximate surface area is 186 Å². The number of carbonyl (C=O) groups is 3. The first-order valence-corrected chi connectivity index (χ1v) is 11.0. The number of barbiturate groups is 1. The van der Waals surface area contributed by atoms with E-state index in [2.05, 4.69) is 10.2 Å². The molecule has 2 aromatic rings. The minimum absolute atomic E-state index is 0.0592. The molecule has 1 fully saturated rings. The van der Waals surface area contributed by atoms with Crippen molar-refractivity contribution in [1.29, 1.82) is 0 Å². The van der Waals surface area contributed by atoms with Crippen molar-refractivity contribution in [3.63, 3.8) is 0 Å². The van der Waals surface area contributed by atoms with Gasteiger partial charge in [-0.15, -0.1) is 11.6 Å². The Morgan fingerprint density at radius 2 is 1.87 bits per heavy atom. The van der Waals surface area contributed by atoms with Gasteiger partial charge in [0, 0.05) is 24.7 Å². The minimum Gasteiger partial charge on any atom is -0.371 e. The van der Waals surface area contributed by atoms with Gasteiger partial charge in [0.15, 0.2) is 0 Å². The molecule has 1 saturated heterocycles. The highest BCUT2D eigenvalue weighted by Gasteiger charge is 2.36. The molecule has 7 heteroatoms. The standard InChI is InChI=1S/C24H24ClN3O3/c1-2-16-4-7-19(8-5-16)28-23(30)20(22(29)26-24(28)31)15-17-6-9-21-18(14-17)10-13-27(21)12-3-11-25/h4-9,14-15H,2-3,10-13H2,1H3,(H,26,29,31). The third-order valence-electron chi connectivity index (χ3n) is 5.67. The van der Waals surface area contributed by atoms with Crippen LogP contribution >= 0.6 is 11.6 Å². The highest BCUT2D eigenvalue weighted by Crippen LogP contribution is 2.30. The molecule has 1 N–H and O–H groups in total. The highest BCUT2D eigenvalue weighted by atomic mass is 35.5. The number of aryl methyl sites for hydroxylation is 1. The molecule has 0 bridgehead atoms. The molecule has 0 aromatic heterocycles. The van der Waals surface area contributed by atoms with Crippen LogP contribution < -0.4 is 15.1 Å². The number of hydrogen-bond donors (Lipinski definition) is 1. The predicted octanol–water partition coefficient (Wildman–Crippen LogP) is 3.91. The number of amides is 4. The molecule has 160 valence electrons. The van der Waals surface area contributed by atoms with Crippen LogP contribution in [0.5, 0.6) is 0 Å². The summed E-state index contributed by atoms with van der Waals surface area (Å²) >= 11 is 5.82. The molecule has 0 unspecified atom stereocenters. The maximum atomic E-state index is 13.1. The number of rotatable bonds is 6. The van der Waals surface area contributed by atoms with Gasteiger partial charge < -0.3 is 4.90 Å². The van der Waals surface area contributed by atoms with Gasteiger partial charge in [-0.05, 0) is 66.3 Å². The van der Waals surface area contributed by atoms with Crippen LogP contribution in [0.2, 0.25) is 0 Å². The third kappa shape index (κ3) is 4.21. The summed E-state index contributed by atoms with van der Waals surface area (Å²) in [6.07, 6.45) is 4.23. The van der Waals surface area contributed by atoms with E-state index < -0.39 is 17.8 Å². The van der Waals surface area contributed by atoms with Crippen LogP contribution in [0.1, 0.15) is 30.0 Å². The number of imide groups is 2. The summed E-state index contributed by atoms with van der Waals surface area (Å²) in [5, 5.41) is 2.28. The number of halogens is 1. The van der Waals surface area contributed by atoms with Crippen LogP contribution in [0.3, 0.4) is 0 Å². The maximum Gasteiger partial charge on any atom is 0.335 e. The Morgan fingerprint density at radius 1 is 1.10 bits per heavy atom. The monoisotopic (exact) mass is 437 g/mol. The van der Waals surface area contributed by atoms with Crippen LogP contribution in [0.25, 0.3) is 6.08 Å². The Hall–Kier alpha value is -3.12. The number of nitrogens with one attached hydrogen (secondary N) is 1. The van der Waals surface area contributed by atoms with Crippen molar-refractivity contribution in [3.05, 3.63) is 64.7 Å². The fraction of sp³-hybridized carbons (Fsp3) is 0.292. The molecular formula is C24H24ClN3O3. The number of carbonyl (C=O) groups excluding carboxylic acids is 3. The Morgan fingerprint density at radius 3 is 2.58 bits per heavy atom. The normalized spacial score (nSPS) is 17.4. The lowest BCUT2D eigenvalue weighted by molar-refractivity contribution is -0.122. The molecule has 6 nitrogen and oxygen atoms in total. The maximum absolute atomic E-state index is 13.1. The zero-order valence-corrected chi connectivity index (χ0v) is 18.1. The van der Waals surface area contributed by atoms with Crippen molar-refractivity contribution < 1.29 is 14.4 Å². The van der Waals surface area contributed by atoms with Crippen molar-refractivity contribution in [2.75, 3.05) is 28.8 Å². The van der Waals surface area contributed by atoms with Gasteiger partial charge in [-0.3, -0.25) is 14.9 Å². The fourth-order valence-corrected chi connectivity index (χ4v) is 4.12. The largest absolute Gasteiger partial charge is 0.371 e. The fourth-order valence-electron chi connectivity index (χ4n) is 4.00. The van der Waals surface area contributed by atoms with Crippen molar-refractivity contribution in [2.24, 2.45) is 0 Å². The van der Waals surface area contributed by atoms with Gasteiger partial charge in [0.25, 0.3) is 11.8 Å². The van der Waals surface area contributed by atoms with Crippen LogP contribution in [0.4, 0.5) is 16.2 Å². The third-order valence-corrected chi connectivity index (χ3v) is 5.94. The molecule has 2 aliphatic heterocycles. The topological polar surface area (TPSA) is 69.7 Å². The summed E-state index contributed by atoms with van der Waals surface area (Å²) in [6, 6.07) is 12.3. The van der Waals surface area contributed by atoms with Gasteiger partial charge >= 0.3 is 6.03 Å². The lowest BCUT2D eigenvalue weighted by Gasteiger charge is -2.26. The van der Waals surface area contributed by atoms with Gasteiger partial charge in [-0.1, -0.05) is 25.1 Å². The molecule has 0 radical (unpaired) electrons. The van der Waals surface area contributed by atoms with Gasteiger partial charge in [-0.2, -0.15) is 0 Å². The number of anilines is 2. The van der Waals surface area contributed by atoms with E-state index in [0.717, 1.165) is 48.4 Å². The number of benzene rings is 2. The number of hydrogen-bond acceptors (Lipinski definition) is 4. The molecule has 4 amide bonds. The van der Waals surface area contributed by atoms with Gasteiger partial charge in [0.2, 0.25) is 0 Å². The SMILES string of the molecule is CCc1ccc(N2C(=O)NC(=O)C(=Cc3ccc4c(c3)CCN4CCCCl)C2=O)cc1. The van der Waals surface area contributed by atoms with E-state index in [1.165, 1.54) is 11.3 Å². The first-order chi connectivity index (χ1) is 15.0. The second-order valence-corrected chi connectivity index (χ2v) is 8.02. The van der Waals surface area contributed by atoms with Gasteiger partial charge in [0.05, 0.1) is 5.69 Å². The lowest BCUT2D eigenvalue weighted by atomic mass is 10.0. The average Bonchev–Trinajstić information content (AvgIpc) is 3.17. The Balaban J connectivity index is 1.61. The number of alkyl halides is 1. The smallest absolute Gasteiger partial charge is 0.335 e. The zero-order chi connectivity index (χ0) is 22.0. The molecule has 2 heterocycles. The van der Waals surface area contributed by atoms with Gasteiger partial charge in [-0.25, -0.2) is 9.69 Å². The van der Waals surface area contributed by atoms with E-state index in [4.69, 9.17) is 11.6 Å². The summed E-state index contributed by atoms with van der Waals surface area (Å²) in [5.74, 6) is -0.674. The summed E-state index contributed by atoms with van der Waals surface area (Å²) in [4.78, 5) is 41.2. The van der Waals surface area contributed by atoms with E-state index in [1.54, 1.807) is 18.2 Å². The first kappa shape index (κ1) is 21.1. The van der Waals surface area contributed by atoms with E-state index in [1.807, 2.05) is 37.3 Å². The van der Waals surface area contributed by atoms with Crippen molar-refractivity contribution in [1.82, 2.24) is 5.32 Å². The quantitative estimate of drug-likeness (QED) is 0.422. The van der Waals surface area contributed by atoms with Crippen LogP contribution in [0, 0.1) is 0 Å². The minimum atomic E-state index is -0.736. The summed E-state index contributed by atoms with van der Waals surface area (Å²) < 4.78 is 0. The Bertz CT molecular complexity index is 1060. The van der Waals surface area contributed by atoms with Crippen LogP contribution in [0.15, 0.2) is 48.0 Å². The highest BCUT2D eigenvalue weighted by molar-refractivity contribution is 6.39. The summed E-state index contributed by atoms with van der Waals surface area (Å²) in [5.41, 5.74) is 4.57. The number of nitrogens with zero attached hydrogens (tertiary/aromatic N) is 2. The molecule has 4 rings (SSSR count). The zero-order valence-electron chi connectivity index (χ0n) is 17.4. The number of fused-ring (bicyclic) bond motifs is 1. The average molecular weight is 438 g/mol. The first-order valence-electron chi connectivity index (χ1n) is 10.5. The van der Waals surface area contributed by atoms with E-state index in [9.17, 15) is 14.4 Å². The molecule has 0 atom stereocenters. The molecule has 31 heavy (non-hydrogen) atoms.